The Kier molecular flexibility index (Phi) is 5.99. The Morgan fingerprint density at radius 2 is 2.05 bits per heavy atom. The molecule has 1 amide bonds. The van der Waals surface area contributed by atoms with E-state index in [0.717, 1.165) is 12.8 Å². The zero-order chi connectivity index (χ0) is 15.2. The van der Waals surface area contributed by atoms with E-state index in [0.29, 0.717) is 25.0 Å². The maximum atomic E-state index is 11.9. The van der Waals surface area contributed by atoms with Gasteiger partial charge in [-0.15, -0.1) is 0 Å². The van der Waals surface area contributed by atoms with Gasteiger partial charge in [-0.3, -0.25) is 4.79 Å². The lowest BCUT2D eigenvalue weighted by molar-refractivity contribution is -0.172. The number of hydrogen-bond acceptors (Lipinski definition) is 5. The molecule has 2 fully saturated rings. The molecule has 120 valence electrons. The van der Waals surface area contributed by atoms with Crippen LogP contribution in [-0.4, -0.2) is 50.4 Å². The molecule has 0 spiro atoms. The van der Waals surface area contributed by atoms with Gasteiger partial charge in [0.1, 0.15) is 0 Å². The number of carbonyl (C=O) groups excluding carboxylic acids is 2. The highest BCUT2D eigenvalue weighted by Gasteiger charge is 2.29. The minimum Gasteiger partial charge on any atom is -0.454 e. The zero-order valence-electron chi connectivity index (χ0n) is 12.8. The molecule has 0 bridgehead atoms. The van der Waals surface area contributed by atoms with Gasteiger partial charge < -0.3 is 19.5 Å². The second-order valence-electron chi connectivity index (χ2n) is 5.98. The van der Waals surface area contributed by atoms with E-state index in [-0.39, 0.29) is 25.2 Å². The SMILES string of the molecule is CC1CCCC(NC(=O)COC(=O)C2COCCO2)C1C. The Morgan fingerprint density at radius 3 is 2.76 bits per heavy atom. The molecular formula is C15H25NO5. The van der Waals surface area contributed by atoms with Crippen molar-refractivity contribution in [2.45, 2.75) is 45.3 Å². The van der Waals surface area contributed by atoms with Gasteiger partial charge in [-0.05, 0) is 18.3 Å². The molecule has 4 unspecified atom stereocenters. The van der Waals surface area contributed by atoms with E-state index in [1.807, 2.05) is 0 Å². The molecule has 1 saturated heterocycles. The standard InChI is InChI=1S/C15H25NO5/c1-10-4-3-5-12(11(10)2)16-14(17)9-21-15(18)13-8-19-6-7-20-13/h10-13H,3-9H2,1-2H3,(H,16,17). The number of esters is 1. The summed E-state index contributed by atoms with van der Waals surface area (Å²) >= 11 is 0. The number of rotatable bonds is 4. The van der Waals surface area contributed by atoms with E-state index < -0.39 is 12.1 Å². The van der Waals surface area contributed by atoms with E-state index in [4.69, 9.17) is 14.2 Å². The molecule has 2 rings (SSSR count). The summed E-state index contributed by atoms with van der Waals surface area (Å²) in [4.78, 5) is 23.6. The lowest BCUT2D eigenvalue weighted by Crippen LogP contribution is -2.46. The van der Waals surface area contributed by atoms with Gasteiger partial charge in [-0.1, -0.05) is 26.7 Å². The Hall–Kier alpha value is -1.14. The Balaban J connectivity index is 1.70. The van der Waals surface area contributed by atoms with Crippen LogP contribution in [0.5, 0.6) is 0 Å². The van der Waals surface area contributed by atoms with Gasteiger partial charge in [-0.25, -0.2) is 4.79 Å². The Morgan fingerprint density at radius 1 is 1.24 bits per heavy atom. The zero-order valence-corrected chi connectivity index (χ0v) is 12.8. The second-order valence-corrected chi connectivity index (χ2v) is 5.98. The van der Waals surface area contributed by atoms with Crippen molar-refractivity contribution in [3.05, 3.63) is 0 Å². The first-order valence-corrected chi connectivity index (χ1v) is 7.73. The van der Waals surface area contributed by atoms with Crippen LogP contribution in [0.25, 0.3) is 0 Å². The van der Waals surface area contributed by atoms with Crippen LogP contribution in [0.15, 0.2) is 0 Å². The van der Waals surface area contributed by atoms with E-state index >= 15 is 0 Å². The molecule has 1 heterocycles. The van der Waals surface area contributed by atoms with Crippen molar-refractivity contribution in [3.8, 4) is 0 Å². The average Bonchev–Trinajstić information content (AvgIpc) is 2.50. The van der Waals surface area contributed by atoms with E-state index in [1.165, 1.54) is 6.42 Å². The van der Waals surface area contributed by atoms with E-state index in [1.54, 1.807) is 0 Å². The van der Waals surface area contributed by atoms with Crippen LogP contribution < -0.4 is 5.32 Å². The third-order valence-corrected chi connectivity index (χ3v) is 4.48. The van der Waals surface area contributed by atoms with Crippen molar-refractivity contribution in [1.29, 1.82) is 0 Å². The molecule has 1 aliphatic heterocycles. The normalized spacial score (nSPS) is 33.2. The molecule has 0 radical (unpaired) electrons. The predicted octanol–water partition coefficient (Wildman–Crippen LogP) is 0.886. The summed E-state index contributed by atoms with van der Waals surface area (Å²) in [7, 11) is 0. The van der Waals surface area contributed by atoms with Crippen LogP contribution in [0.4, 0.5) is 0 Å². The predicted molar refractivity (Wildman–Crippen MR) is 75.6 cm³/mol. The lowest BCUT2D eigenvalue weighted by atomic mass is 9.78. The third kappa shape index (κ3) is 4.68. The largest absolute Gasteiger partial charge is 0.454 e. The van der Waals surface area contributed by atoms with E-state index in [9.17, 15) is 9.59 Å². The van der Waals surface area contributed by atoms with Crippen LogP contribution in [0.1, 0.15) is 33.1 Å². The molecule has 1 saturated carbocycles. The molecule has 1 aliphatic carbocycles. The molecule has 0 aromatic heterocycles. The molecule has 4 atom stereocenters. The first-order chi connectivity index (χ1) is 10.1. The first kappa shape index (κ1) is 16.2. The molecule has 2 aliphatic rings. The monoisotopic (exact) mass is 299 g/mol. The molecule has 0 aromatic carbocycles. The summed E-state index contributed by atoms with van der Waals surface area (Å²) in [6.07, 6.45) is 2.62. The van der Waals surface area contributed by atoms with Crippen molar-refractivity contribution in [1.82, 2.24) is 5.32 Å². The highest BCUT2D eigenvalue weighted by molar-refractivity contribution is 5.82. The average molecular weight is 299 g/mol. The van der Waals surface area contributed by atoms with Gasteiger partial charge in [-0.2, -0.15) is 0 Å². The Bertz CT molecular complexity index is 367. The second kappa shape index (κ2) is 7.75. The minimum absolute atomic E-state index is 0.175. The van der Waals surface area contributed by atoms with Crippen LogP contribution in [0.3, 0.4) is 0 Å². The number of ether oxygens (including phenoxy) is 3. The summed E-state index contributed by atoms with van der Waals surface area (Å²) in [5, 5.41) is 2.97. The number of nitrogens with one attached hydrogen (secondary N) is 1. The van der Waals surface area contributed by atoms with Gasteiger partial charge in [0.15, 0.2) is 12.7 Å². The van der Waals surface area contributed by atoms with Gasteiger partial charge >= 0.3 is 5.97 Å². The van der Waals surface area contributed by atoms with Gasteiger partial charge in [0.05, 0.1) is 19.8 Å². The van der Waals surface area contributed by atoms with Crippen molar-refractivity contribution in [3.63, 3.8) is 0 Å². The van der Waals surface area contributed by atoms with Crippen LogP contribution >= 0.6 is 0 Å². The van der Waals surface area contributed by atoms with Crippen LogP contribution in [-0.2, 0) is 23.8 Å². The third-order valence-electron chi connectivity index (χ3n) is 4.48. The van der Waals surface area contributed by atoms with Gasteiger partial charge in [0.2, 0.25) is 0 Å². The summed E-state index contributed by atoms with van der Waals surface area (Å²) in [5.74, 6) is 0.286. The highest BCUT2D eigenvalue weighted by atomic mass is 16.6. The minimum atomic E-state index is -0.708. The maximum absolute atomic E-state index is 11.9. The maximum Gasteiger partial charge on any atom is 0.338 e. The fourth-order valence-electron chi connectivity index (χ4n) is 2.89. The summed E-state index contributed by atoms with van der Waals surface area (Å²) in [5.41, 5.74) is 0. The molecular weight excluding hydrogens is 274 g/mol. The van der Waals surface area contributed by atoms with Crippen molar-refractivity contribution < 1.29 is 23.8 Å². The molecule has 1 N–H and O–H groups in total. The number of hydrogen-bond donors (Lipinski definition) is 1. The Labute approximate surface area is 125 Å². The lowest BCUT2D eigenvalue weighted by Gasteiger charge is -2.34. The molecule has 21 heavy (non-hydrogen) atoms. The summed E-state index contributed by atoms with van der Waals surface area (Å²) in [6.45, 7) is 5.18. The number of amides is 1. The molecule has 6 nitrogen and oxygen atoms in total. The fraction of sp³-hybridized carbons (Fsp3) is 0.867. The molecule has 0 aromatic rings. The van der Waals surface area contributed by atoms with Crippen LogP contribution in [0, 0.1) is 11.8 Å². The van der Waals surface area contributed by atoms with Crippen molar-refractivity contribution in [2.24, 2.45) is 11.8 Å². The van der Waals surface area contributed by atoms with Crippen LogP contribution in [0.2, 0.25) is 0 Å². The van der Waals surface area contributed by atoms with Crippen molar-refractivity contribution in [2.75, 3.05) is 26.4 Å². The van der Waals surface area contributed by atoms with Gasteiger partial charge in [0.25, 0.3) is 5.91 Å². The first-order valence-electron chi connectivity index (χ1n) is 7.73. The topological polar surface area (TPSA) is 73.9 Å². The molecule has 6 heteroatoms. The van der Waals surface area contributed by atoms with Gasteiger partial charge in [0, 0.05) is 6.04 Å². The van der Waals surface area contributed by atoms with Crippen molar-refractivity contribution >= 4 is 11.9 Å². The van der Waals surface area contributed by atoms with E-state index in [2.05, 4.69) is 19.2 Å². The summed E-state index contributed by atoms with van der Waals surface area (Å²) in [6, 6.07) is 0.175. The smallest absolute Gasteiger partial charge is 0.338 e. The number of carbonyl (C=O) groups is 2. The fourth-order valence-corrected chi connectivity index (χ4v) is 2.89. The summed E-state index contributed by atoms with van der Waals surface area (Å²) < 4.78 is 15.3. The highest BCUT2D eigenvalue weighted by Crippen LogP contribution is 2.29. The quantitative estimate of drug-likeness (QED) is 0.780.